The number of hydrogen-bond acceptors (Lipinski definition) is 4. The third-order valence-electron chi connectivity index (χ3n) is 4.62. The maximum Gasteiger partial charge on any atom is 0.240 e. The number of anilines is 1. The number of nitrogens with two attached hydrogens (primary N) is 1. The molecule has 3 rings (SSSR count). The Hall–Kier alpha value is -1.44. The van der Waals surface area contributed by atoms with E-state index < -0.39 is 10.0 Å². The van der Waals surface area contributed by atoms with Gasteiger partial charge >= 0.3 is 0 Å². The lowest BCUT2D eigenvalue weighted by atomic mass is 10.0. The fraction of sp³-hybridized carbons (Fsp3) is 0.562. The van der Waals surface area contributed by atoms with E-state index in [4.69, 9.17) is 5.73 Å². The number of carbonyl (C=O) groups is 1. The predicted octanol–water partition coefficient (Wildman–Crippen LogP) is 1.00. The van der Waals surface area contributed by atoms with Gasteiger partial charge in [-0.2, -0.15) is 0 Å². The highest BCUT2D eigenvalue weighted by atomic mass is 32.2. The van der Waals surface area contributed by atoms with E-state index in [1.807, 2.05) is 6.07 Å². The molecule has 1 saturated carbocycles. The third-order valence-corrected chi connectivity index (χ3v) is 6.10. The molecule has 7 heteroatoms. The van der Waals surface area contributed by atoms with Gasteiger partial charge in [0.15, 0.2) is 0 Å². The van der Waals surface area contributed by atoms with Crippen LogP contribution in [0, 0.1) is 5.92 Å². The van der Waals surface area contributed by atoms with Gasteiger partial charge in [0.2, 0.25) is 15.9 Å². The van der Waals surface area contributed by atoms with Crippen molar-refractivity contribution >= 4 is 21.6 Å². The number of aryl methyl sites for hydroxylation is 1. The number of carbonyl (C=O) groups excluding carboxylic acids is 1. The van der Waals surface area contributed by atoms with Crippen LogP contribution in [0.4, 0.5) is 5.69 Å². The Balaban J connectivity index is 1.90. The van der Waals surface area contributed by atoms with Crippen molar-refractivity contribution in [1.82, 2.24) is 4.72 Å². The molecule has 23 heavy (non-hydrogen) atoms. The molecule has 126 valence electrons. The molecule has 1 fully saturated rings. The molecule has 1 aromatic carbocycles. The number of fused-ring (bicyclic) bond motifs is 1. The van der Waals surface area contributed by atoms with E-state index in [9.17, 15) is 13.2 Å². The van der Waals surface area contributed by atoms with Crippen LogP contribution in [-0.4, -0.2) is 33.5 Å². The minimum absolute atomic E-state index is 0.0636. The molecule has 1 unspecified atom stereocenters. The molecule has 1 aliphatic heterocycles. The highest BCUT2D eigenvalue weighted by molar-refractivity contribution is 7.89. The first-order valence-corrected chi connectivity index (χ1v) is 9.54. The van der Waals surface area contributed by atoms with Gasteiger partial charge in [-0.3, -0.25) is 4.79 Å². The van der Waals surface area contributed by atoms with Gasteiger partial charge in [0.1, 0.15) is 0 Å². The Kier molecular flexibility index (Phi) is 4.44. The van der Waals surface area contributed by atoms with Crippen molar-refractivity contribution in [2.45, 2.75) is 43.5 Å². The minimum Gasteiger partial charge on any atom is -0.329 e. The molecule has 0 spiro atoms. The van der Waals surface area contributed by atoms with Gasteiger partial charge in [0.25, 0.3) is 0 Å². The van der Waals surface area contributed by atoms with Crippen molar-refractivity contribution in [1.29, 1.82) is 0 Å². The van der Waals surface area contributed by atoms with Crippen LogP contribution in [-0.2, 0) is 21.2 Å². The Morgan fingerprint density at radius 3 is 2.78 bits per heavy atom. The molecular weight excluding hydrogens is 314 g/mol. The van der Waals surface area contributed by atoms with Crippen molar-refractivity contribution in [3.63, 3.8) is 0 Å². The first-order valence-electron chi connectivity index (χ1n) is 8.06. The third kappa shape index (κ3) is 3.41. The Bertz CT molecular complexity index is 713. The average Bonchev–Trinajstić information content (AvgIpc) is 3.36. The lowest BCUT2D eigenvalue weighted by molar-refractivity contribution is -0.116. The van der Waals surface area contributed by atoms with Crippen LogP contribution in [0.5, 0.6) is 0 Å². The molecule has 6 nitrogen and oxygen atoms in total. The number of hydrogen-bond donors (Lipinski definition) is 2. The SMILES string of the molecule is CC(=O)N1CCCc2ccc(S(=O)(=O)NC(CN)C3CC3)cc21. The Morgan fingerprint density at radius 1 is 1.43 bits per heavy atom. The summed E-state index contributed by atoms with van der Waals surface area (Å²) in [7, 11) is -3.63. The number of nitrogens with one attached hydrogen (secondary N) is 1. The lowest BCUT2D eigenvalue weighted by Gasteiger charge is -2.29. The molecule has 1 heterocycles. The summed E-state index contributed by atoms with van der Waals surface area (Å²) in [5.41, 5.74) is 7.42. The average molecular weight is 337 g/mol. The minimum atomic E-state index is -3.63. The van der Waals surface area contributed by atoms with E-state index in [0.717, 1.165) is 31.2 Å². The number of rotatable bonds is 5. The Morgan fingerprint density at radius 2 is 2.17 bits per heavy atom. The van der Waals surface area contributed by atoms with Crippen molar-refractivity contribution < 1.29 is 13.2 Å². The fourth-order valence-corrected chi connectivity index (χ4v) is 4.49. The molecular formula is C16H23N3O3S. The highest BCUT2D eigenvalue weighted by Crippen LogP contribution is 2.34. The summed E-state index contributed by atoms with van der Waals surface area (Å²) >= 11 is 0. The number of amides is 1. The standard InChI is InChI=1S/C16H23N3O3S/c1-11(20)19-8-2-3-13-6-7-14(9-16(13)19)23(21,22)18-15(10-17)12-4-5-12/h6-7,9,12,15,18H,2-5,8,10,17H2,1H3. The van der Waals surface area contributed by atoms with Gasteiger partial charge in [-0.15, -0.1) is 0 Å². The molecule has 1 aliphatic carbocycles. The molecule has 1 amide bonds. The zero-order chi connectivity index (χ0) is 16.6. The smallest absolute Gasteiger partial charge is 0.240 e. The maximum atomic E-state index is 12.6. The number of sulfonamides is 1. The molecule has 2 aliphatic rings. The fourth-order valence-electron chi connectivity index (χ4n) is 3.15. The quantitative estimate of drug-likeness (QED) is 0.838. The molecule has 0 aromatic heterocycles. The Labute approximate surface area is 137 Å². The number of nitrogens with zero attached hydrogens (tertiary/aromatic N) is 1. The molecule has 0 saturated heterocycles. The van der Waals surface area contributed by atoms with E-state index in [1.165, 1.54) is 6.92 Å². The van der Waals surface area contributed by atoms with E-state index in [-0.39, 0.29) is 16.8 Å². The largest absolute Gasteiger partial charge is 0.329 e. The highest BCUT2D eigenvalue weighted by Gasteiger charge is 2.33. The van der Waals surface area contributed by atoms with Gasteiger partial charge < -0.3 is 10.6 Å². The molecule has 0 bridgehead atoms. The van der Waals surface area contributed by atoms with Crippen LogP contribution >= 0.6 is 0 Å². The summed E-state index contributed by atoms with van der Waals surface area (Å²) in [6.07, 6.45) is 3.80. The first kappa shape index (κ1) is 16.4. The van der Waals surface area contributed by atoms with Gasteiger partial charge in [-0.05, 0) is 49.3 Å². The van der Waals surface area contributed by atoms with Gasteiger partial charge in [-0.1, -0.05) is 6.07 Å². The van der Waals surface area contributed by atoms with Crippen LogP contribution in [0.1, 0.15) is 31.7 Å². The van der Waals surface area contributed by atoms with Crippen LogP contribution in [0.3, 0.4) is 0 Å². The monoisotopic (exact) mass is 337 g/mol. The molecule has 1 atom stereocenters. The van der Waals surface area contributed by atoms with Crippen molar-refractivity contribution in [2.24, 2.45) is 11.7 Å². The first-order chi connectivity index (χ1) is 10.9. The van der Waals surface area contributed by atoms with E-state index in [1.54, 1.807) is 17.0 Å². The second-order valence-electron chi connectivity index (χ2n) is 6.37. The summed E-state index contributed by atoms with van der Waals surface area (Å²) in [5.74, 6) is 0.285. The van der Waals surface area contributed by atoms with Crippen LogP contribution < -0.4 is 15.4 Å². The predicted molar refractivity (Wildman–Crippen MR) is 88.7 cm³/mol. The molecule has 0 radical (unpaired) electrons. The van der Waals surface area contributed by atoms with E-state index in [2.05, 4.69) is 4.72 Å². The van der Waals surface area contributed by atoms with Gasteiger partial charge in [0.05, 0.1) is 4.90 Å². The summed E-state index contributed by atoms with van der Waals surface area (Å²) in [4.78, 5) is 13.6. The molecule has 3 N–H and O–H groups in total. The van der Waals surface area contributed by atoms with Crippen LogP contribution in [0.25, 0.3) is 0 Å². The summed E-state index contributed by atoms with van der Waals surface area (Å²) in [6.45, 7) is 2.44. The van der Waals surface area contributed by atoms with Crippen LogP contribution in [0.2, 0.25) is 0 Å². The second kappa shape index (κ2) is 6.22. The normalized spacial score (nSPS) is 19.3. The zero-order valence-corrected chi connectivity index (χ0v) is 14.1. The van der Waals surface area contributed by atoms with Crippen molar-refractivity contribution in [2.75, 3.05) is 18.0 Å². The zero-order valence-electron chi connectivity index (χ0n) is 13.3. The molecule has 1 aromatic rings. The maximum absolute atomic E-state index is 12.6. The van der Waals surface area contributed by atoms with Gasteiger partial charge in [-0.25, -0.2) is 13.1 Å². The van der Waals surface area contributed by atoms with Crippen molar-refractivity contribution in [3.8, 4) is 0 Å². The summed E-state index contributed by atoms with van der Waals surface area (Å²) < 4.78 is 28.0. The summed E-state index contributed by atoms with van der Waals surface area (Å²) in [6, 6.07) is 4.83. The van der Waals surface area contributed by atoms with E-state index >= 15 is 0 Å². The van der Waals surface area contributed by atoms with E-state index in [0.29, 0.717) is 24.7 Å². The lowest BCUT2D eigenvalue weighted by Crippen LogP contribution is -2.41. The van der Waals surface area contributed by atoms with Gasteiger partial charge in [0, 0.05) is 31.7 Å². The second-order valence-corrected chi connectivity index (χ2v) is 8.08. The summed E-state index contributed by atoms with van der Waals surface area (Å²) in [5, 5.41) is 0. The number of benzene rings is 1. The van der Waals surface area contributed by atoms with Crippen molar-refractivity contribution in [3.05, 3.63) is 23.8 Å². The van der Waals surface area contributed by atoms with Crippen LogP contribution in [0.15, 0.2) is 23.1 Å². The topological polar surface area (TPSA) is 92.5 Å².